The van der Waals surface area contributed by atoms with Crippen LogP contribution in [0.15, 0.2) is 48.5 Å². The van der Waals surface area contributed by atoms with Crippen LogP contribution in [0.5, 0.6) is 0 Å². The lowest BCUT2D eigenvalue weighted by Crippen LogP contribution is -2.13. The van der Waals surface area contributed by atoms with Crippen molar-refractivity contribution in [1.29, 1.82) is 0 Å². The molecule has 0 atom stereocenters. The van der Waals surface area contributed by atoms with E-state index in [0.29, 0.717) is 11.1 Å². The third-order valence-corrected chi connectivity index (χ3v) is 2.80. The number of hydrogen-bond donors (Lipinski definition) is 0. The molecule has 0 aliphatic rings. The number of hydrogen-bond acceptors (Lipinski definition) is 3. The number of aryl methyl sites for hydroxylation is 2. The van der Waals surface area contributed by atoms with Crippen LogP contribution in [0.25, 0.3) is 0 Å². The van der Waals surface area contributed by atoms with Gasteiger partial charge in [-0.3, -0.25) is 0 Å². The van der Waals surface area contributed by atoms with Crippen molar-refractivity contribution in [2.45, 2.75) is 13.8 Å². The number of benzene rings is 2. The second kappa shape index (κ2) is 5.48. The van der Waals surface area contributed by atoms with Gasteiger partial charge in [-0.15, -0.1) is 0 Å². The summed E-state index contributed by atoms with van der Waals surface area (Å²) in [6, 6.07) is 13.8. The standard InChI is InChI=1S/C16H14O3/c1-11-8-9-14(12(2)10-11)16(18)19-15(17)13-6-4-3-5-7-13/h3-10H,1-2H3. The molecule has 0 aliphatic carbocycles. The Labute approximate surface area is 111 Å². The molecule has 96 valence electrons. The highest BCUT2D eigenvalue weighted by atomic mass is 16.6. The summed E-state index contributed by atoms with van der Waals surface area (Å²) >= 11 is 0. The first-order valence-corrected chi connectivity index (χ1v) is 5.97. The van der Waals surface area contributed by atoms with Crippen molar-refractivity contribution in [2.24, 2.45) is 0 Å². The van der Waals surface area contributed by atoms with E-state index >= 15 is 0 Å². The van der Waals surface area contributed by atoms with Crippen LogP contribution in [0.4, 0.5) is 0 Å². The number of carbonyl (C=O) groups excluding carboxylic acids is 2. The minimum atomic E-state index is -0.634. The quantitative estimate of drug-likeness (QED) is 0.610. The monoisotopic (exact) mass is 254 g/mol. The predicted molar refractivity (Wildman–Crippen MR) is 72.1 cm³/mol. The van der Waals surface area contributed by atoms with Crippen LogP contribution < -0.4 is 0 Å². The van der Waals surface area contributed by atoms with E-state index in [9.17, 15) is 9.59 Å². The van der Waals surface area contributed by atoms with Gasteiger partial charge in [-0.05, 0) is 37.6 Å². The topological polar surface area (TPSA) is 43.4 Å². The van der Waals surface area contributed by atoms with E-state index in [1.165, 1.54) is 0 Å². The van der Waals surface area contributed by atoms with E-state index in [0.717, 1.165) is 11.1 Å². The lowest BCUT2D eigenvalue weighted by atomic mass is 10.1. The molecule has 2 rings (SSSR count). The van der Waals surface area contributed by atoms with E-state index < -0.39 is 11.9 Å². The second-order valence-corrected chi connectivity index (χ2v) is 4.36. The van der Waals surface area contributed by atoms with Gasteiger partial charge in [0.15, 0.2) is 0 Å². The first-order valence-electron chi connectivity index (χ1n) is 5.97. The van der Waals surface area contributed by atoms with Crippen LogP contribution in [0.3, 0.4) is 0 Å². The summed E-state index contributed by atoms with van der Waals surface area (Å²) in [4.78, 5) is 23.7. The SMILES string of the molecule is Cc1ccc(C(=O)OC(=O)c2ccccc2)c(C)c1. The fourth-order valence-electron chi connectivity index (χ4n) is 1.81. The molecule has 3 heteroatoms. The third-order valence-electron chi connectivity index (χ3n) is 2.80. The Morgan fingerprint density at radius 3 is 2.21 bits per heavy atom. The van der Waals surface area contributed by atoms with E-state index in [1.807, 2.05) is 26.0 Å². The minimum Gasteiger partial charge on any atom is -0.386 e. The van der Waals surface area contributed by atoms with Crippen LogP contribution in [-0.4, -0.2) is 11.9 Å². The fraction of sp³-hybridized carbons (Fsp3) is 0.125. The molecule has 0 bridgehead atoms. The van der Waals surface area contributed by atoms with E-state index in [2.05, 4.69) is 0 Å². The number of rotatable bonds is 2. The van der Waals surface area contributed by atoms with Crippen molar-refractivity contribution in [2.75, 3.05) is 0 Å². The highest BCUT2D eigenvalue weighted by Gasteiger charge is 2.16. The van der Waals surface area contributed by atoms with Crippen LogP contribution in [0.1, 0.15) is 31.8 Å². The summed E-state index contributed by atoms with van der Waals surface area (Å²) in [5.74, 6) is -1.25. The molecule has 0 N–H and O–H groups in total. The van der Waals surface area contributed by atoms with Gasteiger partial charge in [0, 0.05) is 0 Å². The van der Waals surface area contributed by atoms with Crippen LogP contribution in [0, 0.1) is 13.8 Å². The van der Waals surface area contributed by atoms with Crippen molar-refractivity contribution in [3.63, 3.8) is 0 Å². The average Bonchev–Trinajstić information content (AvgIpc) is 2.39. The van der Waals surface area contributed by atoms with Gasteiger partial charge in [0.05, 0.1) is 11.1 Å². The van der Waals surface area contributed by atoms with E-state index in [4.69, 9.17) is 4.74 Å². The normalized spacial score (nSPS) is 10.0. The highest BCUT2D eigenvalue weighted by Crippen LogP contribution is 2.13. The van der Waals surface area contributed by atoms with Gasteiger partial charge in [0.1, 0.15) is 0 Å². The molecule has 0 amide bonds. The van der Waals surface area contributed by atoms with Gasteiger partial charge in [-0.25, -0.2) is 9.59 Å². The maximum absolute atomic E-state index is 11.9. The lowest BCUT2D eigenvalue weighted by Gasteiger charge is -2.06. The summed E-state index contributed by atoms with van der Waals surface area (Å²) in [6.07, 6.45) is 0. The Hall–Kier alpha value is -2.42. The Bertz CT molecular complexity index is 615. The molecule has 19 heavy (non-hydrogen) atoms. The third kappa shape index (κ3) is 3.07. The van der Waals surface area contributed by atoms with Crippen molar-refractivity contribution < 1.29 is 14.3 Å². The second-order valence-electron chi connectivity index (χ2n) is 4.36. The zero-order chi connectivity index (χ0) is 13.8. The minimum absolute atomic E-state index is 0.362. The molecular weight excluding hydrogens is 240 g/mol. The molecule has 0 spiro atoms. The van der Waals surface area contributed by atoms with Crippen molar-refractivity contribution in [3.8, 4) is 0 Å². The largest absolute Gasteiger partial charge is 0.386 e. The lowest BCUT2D eigenvalue weighted by molar-refractivity contribution is 0.0397. The van der Waals surface area contributed by atoms with Crippen LogP contribution in [0.2, 0.25) is 0 Å². The van der Waals surface area contributed by atoms with Gasteiger partial charge in [0.25, 0.3) is 0 Å². The first kappa shape index (κ1) is 13.0. The van der Waals surface area contributed by atoms with E-state index in [-0.39, 0.29) is 0 Å². The summed E-state index contributed by atoms with van der Waals surface area (Å²) in [6.45, 7) is 3.76. The number of ether oxygens (including phenoxy) is 1. The summed E-state index contributed by atoms with van der Waals surface area (Å²) in [7, 11) is 0. The molecule has 2 aromatic rings. The molecule has 3 nitrogen and oxygen atoms in total. The summed E-state index contributed by atoms with van der Waals surface area (Å²) in [5.41, 5.74) is 2.63. The Morgan fingerprint density at radius 2 is 1.58 bits per heavy atom. The molecule has 0 saturated carbocycles. The van der Waals surface area contributed by atoms with Gasteiger partial charge >= 0.3 is 11.9 Å². The van der Waals surface area contributed by atoms with Crippen molar-refractivity contribution in [3.05, 3.63) is 70.8 Å². The average molecular weight is 254 g/mol. The molecule has 0 saturated heterocycles. The molecule has 0 heterocycles. The molecule has 2 aromatic carbocycles. The maximum Gasteiger partial charge on any atom is 0.346 e. The molecular formula is C16H14O3. The smallest absolute Gasteiger partial charge is 0.346 e. The van der Waals surface area contributed by atoms with Crippen molar-refractivity contribution >= 4 is 11.9 Å². The van der Waals surface area contributed by atoms with Gasteiger partial charge < -0.3 is 4.74 Å². The van der Waals surface area contributed by atoms with Gasteiger partial charge in [-0.1, -0.05) is 35.9 Å². The van der Waals surface area contributed by atoms with Gasteiger partial charge in [0.2, 0.25) is 0 Å². The Balaban J connectivity index is 2.15. The zero-order valence-corrected chi connectivity index (χ0v) is 10.8. The zero-order valence-electron chi connectivity index (χ0n) is 10.8. The molecule has 0 aliphatic heterocycles. The maximum atomic E-state index is 11.9. The van der Waals surface area contributed by atoms with Crippen LogP contribution in [-0.2, 0) is 4.74 Å². The number of esters is 2. The fourth-order valence-corrected chi connectivity index (χ4v) is 1.81. The molecule has 0 unspecified atom stereocenters. The Morgan fingerprint density at radius 1 is 0.895 bits per heavy atom. The predicted octanol–water partition coefficient (Wildman–Crippen LogP) is 3.30. The molecule has 0 aromatic heterocycles. The van der Waals surface area contributed by atoms with Gasteiger partial charge in [-0.2, -0.15) is 0 Å². The van der Waals surface area contributed by atoms with E-state index in [1.54, 1.807) is 36.4 Å². The summed E-state index contributed by atoms with van der Waals surface area (Å²) < 4.78 is 4.87. The Kier molecular flexibility index (Phi) is 3.76. The number of carbonyl (C=O) groups is 2. The first-order chi connectivity index (χ1) is 9.08. The van der Waals surface area contributed by atoms with Crippen LogP contribution >= 0.6 is 0 Å². The molecule has 0 radical (unpaired) electrons. The molecule has 0 fully saturated rings. The highest BCUT2D eigenvalue weighted by molar-refractivity contribution is 6.03. The van der Waals surface area contributed by atoms with Crippen molar-refractivity contribution in [1.82, 2.24) is 0 Å². The summed E-state index contributed by atoms with van der Waals surface area (Å²) in [5, 5.41) is 0.